The van der Waals surface area contributed by atoms with E-state index in [9.17, 15) is 23.7 Å². The molecule has 2 saturated heterocycles. The number of carbonyl (C=O) groups excluding carboxylic acids is 2. The van der Waals surface area contributed by atoms with Crippen LogP contribution in [0.5, 0.6) is 0 Å². The maximum absolute atomic E-state index is 13.1. The SMILES string of the molecule is CC(=O)N(C1C(=O)N2CC(C[n+]3ccccc3)(C(=O)O)CS[C@H]12)S(=O)c1ccccc1. The molecule has 1 N–H and O–H groups in total. The van der Waals surface area contributed by atoms with Gasteiger partial charge in [0.05, 0.1) is 4.90 Å². The third-order valence-electron chi connectivity index (χ3n) is 5.52. The van der Waals surface area contributed by atoms with Crippen LogP contribution in [0.3, 0.4) is 0 Å². The van der Waals surface area contributed by atoms with Crippen LogP contribution in [-0.2, 0) is 31.9 Å². The van der Waals surface area contributed by atoms with E-state index >= 15 is 0 Å². The Kier molecular flexibility index (Phi) is 5.85. The predicted octanol–water partition coefficient (Wildman–Crippen LogP) is 0.900. The molecule has 0 radical (unpaired) electrons. The molecule has 4 atom stereocenters. The molecule has 0 bridgehead atoms. The number of nitrogens with zero attached hydrogens (tertiary/aromatic N) is 3. The smallest absolute Gasteiger partial charge is 0.318 e. The molecule has 2 aliphatic rings. The van der Waals surface area contributed by atoms with Gasteiger partial charge in [0.15, 0.2) is 41.4 Å². The Morgan fingerprint density at radius 3 is 2.48 bits per heavy atom. The second kappa shape index (κ2) is 8.43. The molecule has 31 heavy (non-hydrogen) atoms. The summed E-state index contributed by atoms with van der Waals surface area (Å²) in [5.74, 6) is -1.53. The van der Waals surface area contributed by atoms with Crippen LogP contribution in [0.25, 0.3) is 0 Å². The fourth-order valence-electron chi connectivity index (χ4n) is 3.94. The number of aliphatic carboxylic acids is 1. The van der Waals surface area contributed by atoms with Gasteiger partial charge in [-0.2, -0.15) is 0 Å². The fourth-order valence-corrected chi connectivity index (χ4v) is 6.85. The van der Waals surface area contributed by atoms with E-state index in [2.05, 4.69) is 0 Å². The largest absolute Gasteiger partial charge is 0.481 e. The molecule has 2 fully saturated rings. The lowest BCUT2D eigenvalue weighted by Gasteiger charge is -2.55. The Morgan fingerprint density at radius 1 is 1.23 bits per heavy atom. The van der Waals surface area contributed by atoms with E-state index in [-0.39, 0.29) is 24.7 Å². The quantitative estimate of drug-likeness (QED) is 0.508. The van der Waals surface area contributed by atoms with Gasteiger partial charge in [-0.25, -0.2) is 13.1 Å². The number of aromatic nitrogens is 1. The highest BCUT2D eigenvalue weighted by molar-refractivity contribution is 8.00. The highest BCUT2D eigenvalue weighted by Crippen LogP contribution is 2.44. The molecule has 3 unspecified atom stereocenters. The predicted molar refractivity (Wildman–Crippen MR) is 114 cm³/mol. The molecule has 8 nitrogen and oxygen atoms in total. The van der Waals surface area contributed by atoms with E-state index in [4.69, 9.17) is 0 Å². The third-order valence-corrected chi connectivity index (χ3v) is 8.61. The Bertz CT molecular complexity index is 1040. The topological polar surface area (TPSA) is 98.9 Å². The van der Waals surface area contributed by atoms with Crippen molar-refractivity contribution in [1.29, 1.82) is 0 Å². The lowest BCUT2D eigenvalue weighted by atomic mass is 9.87. The van der Waals surface area contributed by atoms with Gasteiger partial charge in [0.25, 0.3) is 5.91 Å². The number of carboxylic acid groups (broad SMARTS) is 1. The van der Waals surface area contributed by atoms with Crippen LogP contribution in [0.2, 0.25) is 0 Å². The first-order chi connectivity index (χ1) is 14.8. The minimum Gasteiger partial charge on any atom is -0.481 e. The number of amides is 2. The molecule has 0 spiro atoms. The lowest BCUT2D eigenvalue weighted by molar-refractivity contribution is -0.706. The maximum atomic E-state index is 13.1. The minimum absolute atomic E-state index is 0.0426. The van der Waals surface area contributed by atoms with Gasteiger partial charge >= 0.3 is 5.97 Å². The molecule has 4 rings (SSSR count). The van der Waals surface area contributed by atoms with Gasteiger partial charge in [0, 0.05) is 31.4 Å². The second-order valence-electron chi connectivity index (χ2n) is 7.65. The number of carboxylic acids is 1. The number of carbonyl (C=O) groups is 3. The summed E-state index contributed by atoms with van der Waals surface area (Å²) in [7, 11) is -1.82. The first-order valence-corrected chi connectivity index (χ1v) is 11.9. The molecule has 0 saturated carbocycles. The molecular formula is C21H22N3O5S2+. The Hall–Kier alpha value is -2.72. The number of benzene rings is 1. The van der Waals surface area contributed by atoms with E-state index in [0.717, 1.165) is 4.31 Å². The van der Waals surface area contributed by atoms with Crippen molar-refractivity contribution in [2.45, 2.75) is 29.8 Å². The molecular weight excluding hydrogens is 438 g/mol. The van der Waals surface area contributed by atoms with E-state index < -0.39 is 39.7 Å². The van der Waals surface area contributed by atoms with Crippen LogP contribution in [0.15, 0.2) is 65.8 Å². The number of pyridine rings is 1. The Labute approximate surface area is 186 Å². The minimum atomic E-state index is -1.82. The highest BCUT2D eigenvalue weighted by Gasteiger charge is 2.61. The number of rotatable bonds is 6. The molecule has 162 valence electrons. The zero-order valence-corrected chi connectivity index (χ0v) is 18.4. The Balaban J connectivity index is 1.56. The maximum Gasteiger partial charge on any atom is 0.318 e. The zero-order valence-electron chi connectivity index (χ0n) is 16.8. The van der Waals surface area contributed by atoms with Crippen molar-refractivity contribution in [1.82, 2.24) is 9.21 Å². The summed E-state index contributed by atoms with van der Waals surface area (Å²) < 4.78 is 16.0. The van der Waals surface area contributed by atoms with Crippen LogP contribution in [-0.4, -0.2) is 60.0 Å². The number of hydrogen-bond acceptors (Lipinski definition) is 5. The summed E-state index contributed by atoms with van der Waals surface area (Å²) in [6.07, 6.45) is 3.59. The molecule has 2 aliphatic heterocycles. The van der Waals surface area contributed by atoms with Crippen molar-refractivity contribution in [2.75, 3.05) is 12.3 Å². The molecule has 0 aliphatic carbocycles. The zero-order chi connectivity index (χ0) is 22.2. The number of fused-ring (bicyclic) bond motifs is 1. The van der Waals surface area contributed by atoms with Crippen molar-refractivity contribution < 1.29 is 28.3 Å². The van der Waals surface area contributed by atoms with E-state index in [1.165, 1.54) is 23.6 Å². The van der Waals surface area contributed by atoms with Crippen LogP contribution >= 0.6 is 11.8 Å². The molecule has 1 aromatic carbocycles. The van der Waals surface area contributed by atoms with Crippen LogP contribution < -0.4 is 4.57 Å². The second-order valence-corrected chi connectivity index (χ2v) is 10.1. The van der Waals surface area contributed by atoms with Gasteiger partial charge in [-0.05, 0) is 12.1 Å². The average Bonchev–Trinajstić information content (AvgIpc) is 2.78. The molecule has 1 aromatic heterocycles. The average molecular weight is 461 g/mol. The van der Waals surface area contributed by atoms with Gasteiger partial charge in [0.2, 0.25) is 5.91 Å². The van der Waals surface area contributed by atoms with Crippen LogP contribution in [0.1, 0.15) is 6.92 Å². The molecule has 2 aromatic rings. The van der Waals surface area contributed by atoms with Gasteiger partial charge in [-0.15, -0.1) is 11.8 Å². The van der Waals surface area contributed by atoms with Crippen LogP contribution in [0, 0.1) is 5.41 Å². The number of thioether (sulfide) groups is 1. The number of hydrogen-bond donors (Lipinski definition) is 1. The summed E-state index contributed by atoms with van der Waals surface area (Å²) in [5.41, 5.74) is -1.15. The van der Waals surface area contributed by atoms with Crippen molar-refractivity contribution in [3.63, 3.8) is 0 Å². The Morgan fingerprint density at radius 2 is 1.87 bits per heavy atom. The summed E-state index contributed by atoms with van der Waals surface area (Å²) in [5, 5.41) is 9.57. The molecule has 3 heterocycles. The molecule has 10 heteroatoms. The first-order valence-electron chi connectivity index (χ1n) is 9.70. The summed E-state index contributed by atoms with van der Waals surface area (Å²) in [4.78, 5) is 39.5. The van der Waals surface area contributed by atoms with E-state index in [1.54, 1.807) is 47.3 Å². The van der Waals surface area contributed by atoms with E-state index in [1.807, 2.05) is 18.2 Å². The normalized spacial score (nSPS) is 25.8. The van der Waals surface area contributed by atoms with Crippen molar-refractivity contribution >= 4 is 40.5 Å². The third kappa shape index (κ3) is 3.85. The van der Waals surface area contributed by atoms with Crippen molar-refractivity contribution in [3.8, 4) is 0 Å². The van der Waals surface area contributed by atoms with Crippen LogP contribution in [0.4, 0.5) is 0 Å². The van der Waals surface area contributed by atoms with Crippen molar-refractivity contribution in [3.05, 3.63) is 60.9 Å². The first kappa shape index (κ1) is 21.5. The number of β-lactam (4-membered cyclic amide) rings is 1. The van der Waals surface area contributed by atoms with Gasteiger partial charge in [-0.1, -0.05) is 24.3 Å². The van der Waals surface area contributed by atoms with Gasteiger partial charge in [0.1, 0.15) is 5.37 Å². The van der Waals surface area contributed by atoms with E-state index in [0.29, 0.717) is 4.90 Å². The highest BCUT2D eigenvalue weighted by atomic mass is 32.2. The van der Waals surface area contributed by atoms with Crippen molar-refractivity contribution in [2.24, 2.45) is 5.41 Å². The lowest BCUT2D eigenvalue weighted by Crippen LogP contribution is -2.75. The van der Waals surface area contributed by atoms with Gasteiger partial charge < -0.3 is 10.0 Å². The van der Waals surface area contributed by atoms with Gasteiger partial charge in [-0.3, -0.25) is 14.4 Å². The fraction of sp³-hybridized carbons (Fsp3) is 0.333. The summed E-state index contributed by atoms with van der Waals surface area (Å²) in [6, 6.07) is 13.1. The monoisotopic (exact) mass is 460 g/mol. The summed E-state index contributed by atoms with van der Waals surface area (Å²) >= 11 is 1.32. The molecule has 2 amide bonds. The standard InChI is InChI=1S/C21H21N3O5S2/c1-15(25)24(31(29)16-8-4-2-5-9-16)17-18(26)23-13-21(20(27)28,14-30-19(17)23)12-22-10-6-3-7-11-22/h2-11,17,19H,12-14H2,1H3/p+1/t17?,19-,21?,31?/m1/s1. The summed E-state index contributed by atoms with van der Waals surface area (Å²) in [6.45, 7) is 1.56.